The molecule has 1 heterocycles. The van der Waals surface area contributed by atoms with Crippen molar-refractivity contribution in [1.82, 2.24) is 4.90 Å². The summed E-state index contributed by atoms with van der Waals surface area (Å²) in [6, 6.07) is 9.22. The molecule has 0 spiro atoms. The number of rotatable bonds is 4. The quantitative estimate of drug-likeness (QED) is 0.817. The maximum absolute atomic E-state index is 12.2. The van der Waals surface area contributed by atoms with E-state index in [0.29, 0.717) is 13.0 Å². The van der Waals surface area contributed by atoms with Crippen LogP contribution in [-0.4, -0.2) is 41.1 Å². The van der Waals surface area contributed by atoms with E-state index in [-0.39, 0.29) is 18.6 Å². The number of aliphatic hydroxyl groups excluding tert-OH is 1. The molecule has 4 heteroatoms. The molecule has 2 rings (SSSR count). The van der Waals surface area contributed by atoms with Gasteiger partial charge in [-0.2, -0.15) is 0 Å². The van der Waals surface area contributed by atoms with Crippen LogP contribution in [0.1, 0.15) is 18.4 Å². The third-order valence-corrected chi connectivity index (χ3v) is 3.49. The van der Waals surface area contributed by atoms with Crippen LogP contribution in [0.15, 0.2) is 30.3 Å². The van der Waals surface area contributed by atoms with E-state index < -0.39 is 6.04 Å². The lowest BCUT2D eigenvalue weighted by Crippen LogP contribution is -2.47. The number of likely N-dealkylation sites (tertiary alicyclic amines) is 1. The zero-order valence-electron chi connectivity index (χ0n) is 10.5. The molecular formula is C14H20N2O2. The number of carbonyl (C=O) groups is 1. The van der Waals surface area contributed by atoms with Gasteiger partial charge in [-0.15, -0.1) is 0 Å². The van der Waals surface area contributed by atoms with E-state index >= 15 is 0 Å². The number of aliphatic hydroxyl groups is 1. The molecule has 1 amide bonds. The van der Waals surface area contributed by atoms with Gasteiger partial charge in [-0.25, -0.2) is 0 Å². The van der Waals surface area contributed by atoms with E-state index in [1.165, 1.54) is 0 Å². The predicted octanol–water partition coefficient (Wildman–Crippen LogP) is 0.540. The SMILES string of the molecule is N[C@H](Cc1ccccc1)C(=O)N1CCCC1CO. The second kappa shape index (κ2) is 5.98. The Kier molecular flexibility index (Phi) is 4.33. The van der Waals surface area contributed by atoms with Crippen molar-refractivity contribution in [2.45, 2.75) is 31.3 Å². The molecule has 0 bridgehead atoms. The molecule has 1 aliphatic heterocycles. The van der Waals surface area contributed by atoms with Crippen LogP contribution >= 0.6 is 0 Å². The van der Waals surface area contributed by atoms with Crippen LogP contribution in [0.3, 0.4) is 0 Å². The Labute approximate surface area is 107 Å². The third kappa shape index (κ3) is 2.89. The molecule has 1 saturated heterocycles. The highest BCUT2D eigenvalue weighted by Gasteiger charge is 2.30. The Morgan fingerprint density at radius 2 is 2.17 bits per heavy atom. The van der Waals surface area contributed by atoms with Crippen molar-refractivity contribution in [2.75, 3.05) is 13.2 Å². The average Bonchev–Trinajstić information content (AvgIpc) is 2.87. The topological polar surface area (TPSA) is 66.6 Å². The number of benzene rings is 1. The Bertz CT molecular complexity index is 394. The van der Waals surface area contributed by atoms with Gasteiger partial charge in [0, 0.05) is 6.54 Å². The molecule has 0 saturated carbocycles. The van der Waals surface area contributed by atoms with Gasteiger partial charge < -0.3 is 15.7 Å². The summed E-state index contributed by atoms with van der Waals surface area (Å²) < 4.78 is 0. The Morgan fingerprint density at radius 1 is 1.44 bits per heavy atom. The smallest absolute Gasteiger partial charge is 0.240 e. The van der Waals surface area contributed by atoms with Crippen molar-refractivity contribution in [3.8, 4) is 0 Å². The molecule has 1 aromatic rings. The summed E-state index contributed by atoms with van der Waals surface area (Å²) in [6.45, 7) is 0.746. The zero-order valence-corrected chi connectivity index (χ0v) is 10.5. The van der Waals surface area contributed by atoms with E-state index in [1.54, 1.807) is 4.90 Å². The van der Waals surface area contributed by atoms with Crippen molar-refractivity contribution in [3.63, 3.8) is 0 Å². The van der Waals surface area contributed by atoms with Gasteiger partial charge in [-0.05, 0) is 24.8 Å². The fraction of sp³-hybridized carbons (Fsp3) is 0.500. The minimum absolute atomic E-state index is 0.0315. The summed E-state index contributed by atoms with van der Waals surface area (Å²) in [4.78, 5) is 13.9. The van der Waals surface area contributed by atoms with Crippen molar-refractivity contribution in [3.05, 3.63) is 35.9 Å². The highest BCUT2D eigenvalue weighted by molar-refractivity contribution is 5.82. The largest absolute Gasteiger partial charge is 0.394 e. The summed E-state index contributed by atoms with van der Waals surface area (Å²) in [5, 5.41) is 9.22. The number of carbonyl (C=O) groups excluding carboxylic acids is 1. The lowest BCUT2D eigenvalue weighted by atomic mass is 10.1. The molecule has 1 aliphatic rings. The molecule has 4 nitrogen and oxygen atoms in total. The standard InChI is InChI=1S/C14H20N2O2/c15-13(9-11-5-2-1-3-6-11)14(18)16-8-4-7-12(16)10-17/h1-3,5-6,12-13,17H,4,7-10,15H2/t12?,13-/m1/s1. The van der Waals surface area contributed by atoms with Gasteiger partial charge in [0.25, 0.3) is 0 Å². The average molecular weight is 248 g/mol. The number of hydrogen-bond donors (Lipinski definition) is 2. The first kappa shape index (κ1) is 13.1. The van der Waals surface area contributed by atoms with Gasteiger partial charge in [0.15, 0.2) is 0 Å². The van der Waals surface area contributed by atoms with E-state index in [0.717, 1.165) is 18.4 Å². The lowest BCUT2D eigenvalue weighted by Gasteiger charge is -2.26. The number of amides is 1. The zero-order chi connectivity index (χ0) is 13.0. The van der Waals surface area contributed by atoms with E-state index in [1.807, 2.05) is 30.3 Å². The van der Waals surface area contributed by atoms with Crippen LogP contribution in [0.2, 0.25) is 0 Å². The van der Waals surface area contributed by atoms with Crippen LogP contribution in [0.5, 0.6) is 0 Å². The van der Waals surface area contributed by atoms with Crippen LogP contribution in [0.4, 0.5) is 0 Å². The highest BCUT2D eigenvalue weighted by Crippen LogP contribution is 2.18. The van der Waals surface area contributed by atoms with E-state index in [9.17, 15) is 9.90 Å². The van der Waals surface area contributed by atoms with Gasteiger partial charge in [0.1, 0.15) is 0 Å². The first-order chi connectivity index (χ1) is 8.72. The van der Waals surface area contributed by atoms with Crippen LogP contribution in [0.25, 0.3) is 0 Å². The predicted molar refractivity (Wildman–Crippen MR) is 69.9 cm³/mol. The normalized spacial score (nSPS) is 21.0. The fourth-order valence-corrected chi connectivity index (χ4v) is 2.48. The summed E-state index contributed by atoms with van der Waals surface area (Å²) in [6.07, 6.45) is 2.38. The molecule has 2 atom stereocenters. The molecular weight excluding hydrogens is 228 g/mol. The summed E-state index contributed by atoms with van der Waals surface area (Å²) in [7, 11) is 0. The number of nitrogens with zero attached hydrogens (tertiary/aromatic N) is 1. The Balaban J connectivity index is 1.96. The molecule has 18 heavy (non-hydrogen) atoms. The van der Waals surface area contributed by atoms with Crippen molar-refractivity contribution >= 4 is 5.91 Å². The Morgan fingerprint density at radius 3 is 2.83 bits per heavy atom. The van der Waals surface area contributed by atoms with Crippen LogP contribution in [0, 0.1) is 0 Å². The summed E-state index contributed by atoms with van der Waals surface area (Å²) in [5.74, 6) is -0.0459. The molecule has 3 N–H and O–H groups in total. The fourth-order valence-electron chi connectivity index (χ4n) is 2.48. The molecule has 0 radical (unpaired) electrons. The minimum Gasteiger partial charge on any atom is -0.394 e. The maximum atomic E-state index is 12.2. The number of nitrogens with two attached hydrogens (primary N) is 1. The second-order valence-corrected chi connectivity index (χ2v) is 4.81. The number of hydrogen-bond acceptors (Lipinski definition) is 3. The maximum Gasteiger partial charge on any atom is 0.240 e. The molecule has 1 aromatic carbocycles. The monoisotopic (exact) mass is 248 g/mol. The van der Waals surface area contributed by atoms with Gasteiger partial charge in [0.2, 0.25) is 5.91 Å². The van der Waals surface area contributed by atoms with Gasteiger partial charge >= 0.3 is 0 Å². The van der Waals surface area contributed by atoms with Crippen molar-refractivity contribution in [1.29, 1.82) is 0 Å². The second-order valence-electron chi connectivity index (χ2n) is 4.81. The third-order valence-electron chi connectivity index (χ3n) is 3.49. The molecule has 0 aliphatic carbocycles. The first-order valence-corrected chi connectivity index (χ1v) is 6.43. The van der Waals surface area contributed by atoms with E-state index in [4.69, 9.17) is 5.73 Å². The van der Waals surface area contributed by atoms with Crippen molar-refractivity contribution in [2.24, 2.45) is 5.73 Å². The van der Waals surface area contributed by atoms with Crippen LogP contribution in [-0.2, 0) is 11.2 Å². The molecule has 0 aromatic heterocycles. The molecule has 1 unspecified atom stereocenters. The summed E-state index contributed by atoms with van der Waals surface area (Å²) >= 11 is 0. The molecule has 98 valence electrons. The molecule has 1 fully saturated rings. The van der Waals surface area contributed by atoms with Gasteiger partial charge in [-0.3, -0.25) is 4.79 Å². The summed E-state index contributed by atoms with van der Waals surface area (Å²) in [5.41, 5.74) is 7.04. The van der Waals surface area contributed by atoms with Gasteiger partial charge in [0.05, 0.1) is 18.7 Å². The highest BCUT2D eigenvalue weighted by atomic mass is 16.3. The van der Waals surface area contributed by atoms with Crippen LogP contribution < -0.4 is 5.73 Å². The Hall–Kier alpha value is -1.39. The lowest BCUT2D eigenvalue weighted by molar-refractivity contribution is -0.134. The minimum atomic E-state index is -0.514. The first-order valence-electron chi connectivity index (χ1n) is 6.43. The van der Waals surface area contributed by atoms with Gasteiger partial charge in [-0.1, -0.05) is 30.3 Å². The van der Waals surface area contributed by atoms with E-state index in [2.05, 4.69) is 0 Å². The van der Waals surface area contributed by atoms with Crippen molar-refractivity contribution < 1.29 is 9.90 Å².